The van der Waals surface area contributed by atoms with Crippen LogP contribution in [0.15, 0.2) is 48.0 Å². The van der Waals surface area contributed by atoms with Crippen molar-refractivity contribution >= 4 is 23.4 Å². The maximum absolute atomic E-state index is 12.6. The number of alkyl halides is 2. The molecule has 0 aromatic heterocycles. The molecule has 0 radical (unpaired) electrons. The number of nitriles is 1. The predicted molar refractivity (Wildman–Crippen MR) is 111 cm³/mol. The number of amides is 1. The number of hydrogen-bond donors (Lipinski definition) is 1. The minimum absolute atomic E-state index is 0.112. The second kappa shape index (κ2) is 10.4. The van der Waals surface area contributed by atoms with Gasteiger partial charge in [-0.25, -0.2) is 0 Å². The number of methoxy groups -OCH3 is 1. The summed E-state index contributed by atoms with van der Waals surface area (Å²) in [7, 11) is 1.32. The highest BCUT2D eigenvalue weighted by Crippen LogP contribution is 2.30. The number of morpholine rings is 1. The lowest BCUT2D eigenvalue weighted by Gasteiger charge is -2.28. The summed E-state index contributed by atoms with van der Waals surface area (Å²) in [4.78, 5) is 14.7. The van der Waals surface area contributed by atoms with Crippen LogP contribution in [0.4, 0.5) is 20.2 Å². The first-order valence-electron chi connectivity index (χ1n) is 9.49. The monoisotopic (exact) mass is 429 g/mol. The van der Waals surface area contributed by atoms with Crippen LogP contribution < -0.4 is 19.7 Å². The number of rotatable bonds is 7. The second-order valence-electron chi connectivity index (χ2n) is 6.56. The minimum atomic E-state index is -3.03. The lowest BCUT2D eigenvalue weighted by atomic mass is 10.1. The Balaban J connectivity index is 1.72. The second-order valence-corrected chi connectivity index (χ2v) is 6.56. The smallest absolute Gasteiger partial charge is 0.387 e. The van der Waals surface area contributed by atoms with Crippen molar-refractivity contribution in [3.8, 4) is 17.6 Å². The van der Waals surface area contributed by atoms with Crippen molar-refractivity contribution in [1.29, 1.82) is 5.26 Å². The van der Waals surface area contributed by atoms with Gasteiger partial charge in [0, 0.05) is 24.5 Å². The van der Waals surface area contributed by atoms with Crippen LogP contribution in [0.1, 0.15) is 5.56 Å². The van der Waals surface area contributed by atoms with E-state index in [-0.39, 0.29) is 17.1 Å². The quantitative estimate of drug-likeness (QED) is 0.534. The fourth-order valence-corrected chi connectivity index (χ4v) is 3.06. The van der Waals surface area contributed by atoms with Gasteiger partial charge in [0.1, 0.15) is 11.6 Å². The number of halogens is 2. The van der Waals surface area contributed by atoms with E-state index < -0.39 is 12.5 Å². The van der Waals surface area contributed by atoms with Crippen molar-refractivity contribution in [2.75, 3.05) is 43.6 Å². The molecular weight excluding hydrogens is 408 g/mol. The third-order valence-corrected chi connectivity index (χ3v) is 4.58. The van der Waals surface area contributed by atoms with Gasteiger partial charge < -0.3 is 24.4 Å². The third-order valence-electron chi connectivity index (χ3n) is 4.58. The Morgan fingerprint density at radius 1 is 1.19 bits per heavy atom. The van der Waals surface area contributed by atoms with Gasteiger partial charge in [0.25, 0.3) is 5.91 Å². The summed E-state index contributed by atoms with van der Waals surface area (Å²) in [6.07, 6.45) is 1.29. The third kappa shape index (κ3) is 5.93. The lowest BCUT2D eigenvalue weighted by molar-refractivity contribution is -0.112. The van der Waals surface area contributed by atoms with Crippen molar-refractivity contribution in [3.63, 3.8) is 0 Å². The number of carbonyl (C=O) groups excluding carboxylic acids is 1. The molecule has 1 aliphatic heterocycles. The van der Waals surface area contributed by atoms with E-state index in [1.807, 2.05) is 18.2 Å². The summed E-state index contributed by atoms with van der Waals surface area (Å²) in [6.45, 7) is -0.0976. The average molecular weight is 429 g/mol. The first kappa shape index (κ1) is 22.1. The molecule has 1 saturated heterocycles. The molecule has 0 aliphatic carbocycles. The first-order valence-corrected chi connectivity index (χ1v) is 9.49. The Labute approximate surface area is 178 Å². The van der Waals surface area contributed by atoms with Gasteiger partial charge in [0.2, 0.25) is 0 Å². The van der Waals surface area contributed by atoms with Crippen LogP contribution in [0.2, 0.25) is 0 Å². The summed E-state index contributed by atoms with van der Waals surface area (Å²) >= 11 is 0. The van der Waals surface area contributed by atoms with E-state index in [9.17, 15) is 18.8 Å². The van der Waals surface area contributed by atoms with Gasteiger partial charge in [0.05, 0.1) is 20.3 Å². The molecule has 31 heavy (non-hydrogen) atoms. The maximum Gasteiger partial charge on any atom is 0.387 e. The molecule has 1 aliphatic rings. The Morgan fingerprint density at radius 2 is 1.90 bits per heavy atom. The van der Waals surface area contributed by atoms with Crippen LogP contribution in [-0.4, -0.2) is 45.9 Å². The van der Waals surface area contributed by atoms with Gasteiger partial charge in [-0.15, -0.1) is 0 Å². The summed E-state index contributed by atoms with van der Waals surface area (Å²) < 4.78 is 39.9. The fourth-order valence-electron chi connectivity index (χ4n) is 3.06. The van der Waals surface area contributed by atoms with Crippen LogP contribution >= 0.6 is 0 Å². The van der Waals surface area contributed by atoms with Gasteiger partial charge in [-0.05, 0) is 48.0 Å². The highest BCUT2D eigenvalue weighted by Gasteiger charge is 2.14. The number of nitrogens with one attached hydrogen (secondary N) is 1. The number of benzene rings is 2. The van der Waals surface area contributed by atoms with Crippen LogP contribution in [0.3, 0.4) is 0 Å². The average Bonchev–Trinajstić information content (AvgIpc) is 2.78. The van der Waals surface area contributed by atoms with E-state index in [1.54, 1.807) is 12.1 Å². The summed E-state index contributed by atoms with van der Waals surface area (Å²) in [6, 6.07) is 13.3. The van der Waals surface area contributed by atoms with Crippen LogP contribution in [0.5, 0.6) is 11.5 Å². The number of anilines is 2. The molecule has 2 aromatic rings. The zero-order chi connectivity index (χ0) is 22.2. The standard InChI is InChI=1S/C22H21F2N3O4/c1-29-19-7-2-15(13-20(19)31-22(23)24)12-16(14-25)21(28)26-17-3-5-18(6-4-17)27-8-10-30-11-9-27/h2-7,12-13,22H,8-11H2,1H3,(H,26,28)/b16-12+. The molecule has 0 saturated carbocycles. The van der Waals surface area contributed by atoms with E-state index in [2.05, 4.69) is 15.0 Å². The molecule has 162 valence electrons. The fraction of sp³-hybridized carbons (Fsp3) is 0.273. The highest BCUT2D eigenvalue weighted by molar-refractivity contribution is 6.09. The van der Waals surface area contributed by atoms with Crippen molar-refractivity contribution in [1.82, 2.24) is 0 Å². The van der Waals surface area contributed by atoms with E-state index in [4.69, 9.17) is 9.47 Å². The van der Waals surface area contributed by atoms with Crippen LogP contribution in [0, 0.1) is 11.3 Å². The first-order chi connectivity index (χ1) is 15.0. The molecule has 0 atom stereocenters. The number of ether oxygens (including phenoxy) is 3. The lowest BCUT2D eigenvalue weighted by Crippen LogP contribution is -2.36. The molecule has 7 nitrogen and oxygen atoms in total. The molecular formula is C22H21F2N3O4. The maximum atomic E-state index is 12.6. The van der Waals surface area contributed by atoms with Gasteiger partial charge in [-0.2, -0.15) is 14.0 Å². The molecule has 0 unspecified atom stereocenters. The SMILES string of the molecule is COc1ccc(/C=C(\C#N)C(=O)Nc2ccc(N3CCOCC3)cc2)cc1OC(F)F. The predicted octanol–water partition coefficient (Wildman–Crippen LogP) is 3.68. The van der Waals surface area contributed by atoms with E-state index >= 15 is 0 Å². The zero-order valence-corrected chi connectivity index (χ0v) is 16.8. The largest absolute Gasteiger partial charge is 0.493 e. The van der Waals surface area contributed by atoms with E-state index in [1.165, 1.54) is 31.4 Å². The van der Waals surface area contributed by atoms with Crippen LogP contribution in [0.25, 0.3) is 6.08 Å². The molecule has 1 fully saturated rings. The Bertz CT molecular complexity index is 981. The van der Waals surface area contributed by atoms with Crippen molar-refractivity contribution in [2.24, 2.45) is 0 Å². The minimum Gasteiger partial charge on any atom is -0.493 e. The Hall–Kier alpha value is -3.64. The summed E-state index contributed by atoms with van der Waals surface area (Å²) in [5, 5.41) is 12.1. The highest BCUT2D eigenvalue weighted by atomic mass is 19.3. The van der Waals surface area contributed by atoms with Gasteiger partial charge in [0.15, 0.2) is 11.5 Å². The molecule has 2 aromatic carbocycles. The number of hydrogen-bond acceptors (Lipinski definition) is 6. The van der Waals surface area contributed by atoms with E-state index in [0.29, 0.717) is 24.5 Å². The summed E-state index contributed by atoms with van der Waals surface area (Å²) in [5.41, 5.74) is 1.69. The van der Waals surface area contributed by atoms with Crippen molar-refractivity contribution in [2.45, 2.75) is 6.61 Å². The summed E-state index contributed by atoms with van der Waals surface area (Å²) in [5.74, 6) is -0.697. The number of carbonyl (C=O) groups is 1. The number of nitrogens with zero attached hydrogens (tertiary/aromatic N) is 2. The van der Waals surface area contributed by atoms with Crippen molar-refractivity contribution < 1.29 is 27.8 Å². The topological polar surface area (TPSA) is 83.8 Å². The molecule has 1 heterocycles. The van der Waals surface area contributed by atoms with Crippen molar-refractivity contribution in [3.05, 3.63) is 53.6 Å². The molecule has 1 N–H and O–H groups in total. The molecule has 3 rings (SSSR count). The van der Waals surface area contributed by atoms with Gasteiger partial charge >= 0.3 is 6.61 Å². The molecule has 9 heteroatoms. The van der Waals surface area contributed by atoms with Gasteiger partial charge in [-0.3, -0.25) is 4.79 Å². The molecule has 0 bridgehead atoms. The Kier molecular flexibility index (Phi) is 7.40. The molecule has 1 amide bonds. The molecule has 0 spiro atoms. The Morgan fingerprint density at radius 3 is 2.52 bits per heavy atom. The van der Waals surface area contributed by atoms with Crippen LogP contribution in [-0.2, 0) is 9.53 Å². The van der Waals surface area contributed by atoms with E-state index in [0.717, 1.165) is 18.8 Å². The normalized spacial score (nSPS) is 14.2. The van der Waals surface area contributed by atoms with Gasteiger partial charge in [-0.1, -0.05) is 6.07 Å². The zero-order valence-electron chi connectivity index (χ0n) is 16.8.